The minimum absolute atomic E-state index is 0. The Morgan fingerprint density at radius 3 is 2.48 bits per heavy atom. The maximum absolute atomic E-state index is 12.3. The number of aromatic nitrogens is 1. The highest BCUT2D eigenvalue weighted by Crippen LogP contribution is 2.33. The highest BCUT2D eigenvalue weighted by Gasteiger charge is 2.30. The third-order valence-corrected chi connectivity index (χ3v) is 5.15. The lowest BCUT2D eigenvalue weighted by Crippen LogP contribution is -2.23. The van der Waals surface area contributed by atoms with E-state index < -0.39 is 15.7 Å². The fraction of sp³-hybridized carbons (Fsp3) is 0.353. The summed E-state index contributed by atoms with van der Waals surface area (Å²) >= 11 is 0. The minimum atomic E-state index is -1.51. The first-order valence-corrected chi connectivity index (χ1v) is 8.69. The van der Waals surface area contributed by atoms with Crippen molar-refractivity contribution in [3.8, 4) is 11.1 Å². The maximum atomic E-state index is 12.3. The van der Waals surface area contributed by atoms with Crippen molar-refractivity contribution in [1.29, 1.82) is 0 Å². The van der Waals surface area contributed by atoms with Crippen LogP contribution < -0.4 is 5.32 Å². The first-order chi connectivity index (χ1) is 11.2. The molecule has 25 heavy (non-hydrogen) atoms. The van der Waals surface area contributed by atoms with E-state index in [0.29, 0.717) is 17.0 Å². The summed E-state index contributed by atoms with van der Waals surface area (Å²) in [6, 6.07) is 5.57. The van der Waals surface area contributed by atoms with E-state index in [0.717, 1.165) is 16.8 Å². The van der Waals surface area contributed by atoms with E-state index in [1.54, 1.807) is 0 Å². The fourth-order valence-corrected chi connectivity index (χ4v) is 3.14. The van der Waals surface area contributed by atoms with Crippen LogP contribution in [0.25, 0.3) is 11.1 Å². The molecule has 1 N–H and O–H groups in total. The Morgan fingerprint density at radius 1 is 1.24 bits per heavy atom. The van der Waals surface area contributed by atoms with Crippen LogP contribution in [0.3, 0.4) is 0 Å². The van der Waals surface area contributed by atoms with Gasteiger partial charge in [0.2, 0.25) is 0 Å². The number of benzene rings is 1. The molecule has 0 spiro atoms. The van der Waals surface area contributed by atoms with Crippen molar-refractivity contribution in [2.24, 2.45) is 4.40 Å². The molecule has 1 atom stereocenters. The summed E-state index contributed by atoms with van der Waals surface area (Å²) in [4.78, 5) is 12.2. The van der Waals surface area contributed by atoms with Crippen LogP contribution in [0, 0.1) is 13.8 Å². The van der Waals surface area contributed by atoms with Crippen LogP contribution >= 0.6 is 13.5 Å². The van der Waals surface area contributed by atoms with Crippen molar-refractivity contribution < 1.29 is 13.5 Å². The van der Waals surface area contributed by atoms with Gasteiger partial charge in [0.05, 0.1) is 16.1 Å². The van der Waals surface area contributed by atoms with Crippen molar-refractivity contribution in [2.75, 3.05) is 5.32 Å². The lowest BCUT2D eigenvalue weighted by molar-refractivity contribution is -0.110. The van der Waals surface area contributed by atoms with Crippen LogP contribution in [-0.2, 0) is 15.8 Å². The molecule has 0 saturated carbocycles. The average Bonchev–Trinajstić information content (AvgIpc) is 2.98. The molecule has 3 rings (SSSR count). The van der Waals surface area contributed by atoms with Crippen LogP contribution in [0.1, 0.15) is 37.8 Å². The molecule has 1 aliphatic heterocycles. The van der Waals surface area contributed by atoms with Gasteiger partial charge in [-0.25, -0.2) is 4.21 Å². The topological polar surface area (TPSA) is 84.6 Å². The zero-order chi connectivity index (χ0) is 17.6. The predicted octanol–water partition coefficient (Wildman–Crippen LogP) is 3.27. The number of carbonyl (C=O) groups excluding carboxylic acids is 1. The molecule has 1 amide bonds. The Labute approximate surface area is 156 Å². The lowest BCUT2D eigenvalue weighted by atomic mass is 10.00. The monoisotopic (exact) mass is 379 g/mol. The molecule has 0 bridgehead atoms. The summed E-state index contributed by atoms with van der Waals surface area (Å²) in [5.74, 6) is 0.375. The number of anilines is 1. The van der Waals surface area contributed by atoms with Gasteiger partial charge in [0.25, 0.3) is 5.91 Å². The van der Waals surface area contributed by atoms with Gasteiger partial charge in [-0.3, -0.25) is 4.79 Å². The van der Waals surface area contributed by atoms with Crippen molar-refractivity contribution >= 4 is 41.8 Å². The van der Waals surface area contributed by atoms with Crippen molar-refractivity contribution in [3.63, 3.8) is 0 Å². The van der Waals surface area contributed by atoms with E-state index in [2.05, 4.69) is 14.9 Å². The number of nitrogens with one attached hydrogen (secondary N) is 1. The predicted molar refractivity (Wildman–Crippen MR) is 105 cm³/mol. The van der Waals surface area contributed by atoms with Crippen LogP contribution in [0.2, 0.25) is 0 Å². The van der Waals surface area contributed by atoms with Crippen LogP contribution in [-0.4, -0.2) is 25.7 Å². The van der Waals surface area contributed by atoms with Gasteiger partial charge in [-0.05, 0) is 52.3 Å². The van der Waals surface area contributed by atoms with Crippen LogP contribution in [0.15, 0.2) is 27.1 Å². The Bertz CT molecular complexity index is 876. The molecule has 8 heteroatoms. The normalized spacial score (nSPS) is 16.4. The SMILES string of the molecule is Cc1noc(C)c1-c1ccc2c(c1)C(=NS(=O)C(C)(C)C)C(=O)N2.S. The van der Waals surface area contributed by atoms with Gasteiger partial charge in [0.1, 0.15) is 22.5 Å². The third kappa shape index (κ3) is 3.55. The maximum Gasteiger partial charge on any atom is 0.275 e. The number of hydrogen-bond donors (Lipinski definition) is 1. The molecule has 6 nitrogen and oxygen atoms in total. The molecule has 1 unspecified atom stereocenters. The second-order valence-electron chi connectivity index (χ2n) is 6.72. The van der Waals surface area contributed by atoms with Crippen LogP contribution in [0.4, 0.5) is 5.69 Å². The van der Waals surface area contributed by atoms with Crippen molar-refractivity contribution in [3.05, 3.63) is 35.2 Å². The Hall–Kier alpha value is -1.93. The Kier molecular flexibility index (Phi) is 5.24. The first kappa shape index (κ1) is 19.4. The van der Waals surface area contributed by atoms with E-state index >= 15 is 0 Å². The quantitative estimate of drug-likeness (QED) is 0.868. The molecule has 1 aliphatic rings. The van der Waals surface area contributed by atoms with Gasteiger partial charge in [-0.1, -0.05) is 11.2 Å². The Balaban J connectivity index is 0.00000225. The van der Waals surface area contributed by atoms with Gasteiger partial charge in [0.15, 0.2) is 0 Å². The van der Waals surface area contributed by atoms with Crippen molar-refractivity contribution in [2.45, 2.75) is 39.4 Å². The van der Waals surface area contributed by atoms with E-state index in [-0.39, 0.29) is 25.1 Å². The summed E-state index contributed by atoms with van der Waals surface area (Å²) in [5.41, 5.74) is 4.08. The van der Waals surface area contributed by atoms with E-state index in [4.69, 9.17) is 4.52 Å². The molecule has 0 saturated heterocycles. The number of fused-ring (bicyclic) bond motifs is 1. The molecule has 1 aromatic heterocycles. The second kappa shape index (κ2) is 6.76. The molecule has 0 fully saturated rings. The first-order valence-electron chi connectivity index (χ1n) is 7.58. The van der Waals surface area contributed by atoms with Gasteiger partial charge < -0.3 is 9.84 Å². The zero-order valence-electron chi connectivity index (χ0n) is 14.8. The highest BCUT2D eigenvalue weighted by atomic mass is 32.2. The molecule has 0 radical (unpaired) electrons. The van der Waals surface area contributed by atoms with Crippen LogP contribution in [0.5, 0.6) is 0 Å². The molecule has 1 aromatic carbocycles. The molecular weight excluding hydrogens is 358 g/mol. The summed E-state index contributed by atoms with van der Waals surface area (Å²) in [5, 5.41) is 6.73. The zero-order valence-corrected chi connectivity index (χ0v) is 16.6. The van der Waals surface area contributed by atoms with Gasteiger partial charge in [-0.2, -0.15) is 17.9 Å². The molecule has 0 aliphatic carbocycles. The summed E-state index contributed by atoms with van der Waals surface area (Å²) < 4.78 is 21.2. The minimum Gasteiger partial charge on any atom is -0.361 e. The standard InChI is InChI=1S/C17H19N3O3S.H2S/c1-9-14(10(2)23-19-9)11-6-7-13-12(8-11)15(16(21)18-13)20-24(22)17(3,4)5;/h6-8H,1-5H3,(H,18,20,21);1H2. The number of carbonyl (C=O) groups is 1. The summed E-state index contributed by atoms with van der Waals surface area (Å²) in [6.07, 6.45) is 0. The molecular formula is C17H21N3O3S2. The highest BCUT2D eigenvalue weighted by molar-refractivity contribution is 7.85. The Morgan fingerprint density at radius 2 is 1.92 bits per heavy atom. The van der Waals surface area contributed by atoms with Gasteiger partial charge in [0, 0.05) is 11.1 Å². The number of hydrogen-bond acceptors (Lipinski definition) is 4. The van der Waals surface area contributed by atoms with E-state index in [1.807, 2.05) is 52.8 Å². The largest absolute Gasteiger partial charge is 0.361 e. The van der Waals surface area contributed by atoms with Crippen molar-refractivity contribution in [1.82, 2.24) is 5.16 Å². The third-order valence-electron chi connectivity index (χ3n) is 3.76. The number of aryl methyl sites for hydroxylation is 2. The smallest absolute Gasteiger partial charge is 0.275 e. The van der Waals surface area contributed by atoms with Gasteiger partial charge >= 0.3 is 0 Å². The lowest BCUT2D eigenvalue weighted by Gasteiger charge is -2.13. The van der Waals surface area contributed by atoms with E-state index in [9.17, 15) is 9.00 Å². The van der Waals surface area contributed by atoms with Gasteiger partial charge in [-0.15, -0.1) is 0 Å². The molecule has 134 valence electrons. The number of nitrogens with zero attached hydrogens (tertiary/aromatic N) is 2. The average molecular weight is 380 g/mol. The summed E-state index contributed by atoms with van der Waals surface area (Å²) in [7, 11) is -1.51. The fourth-order valence-electron chi connectivity index (χ4n) is 2.51. The molecule has 2 heterocycles. The number of amides is 1. The van der Waals surface area contributed by atoms with E-state index in [1.165, 1.54) is 0 Å². The number of rotatable bonds is 2. The second-order valence-corrected chi connectivity index (χ2v) is 8.62. The molecule has 2 aromatic rings. The summed E-state index contributed by atoms with van der Waals surface area (Å²) in [6.45, 7) is 9.17.